The highest BCUT2D eigenvalue weighted by Crippen LogP contribution is 2.23. The van der Waals surface area contributed by atoms with Crippen LogP contribution in [0.3, 0.4) is 0 Å². The predicted octanol–water partition coefficient (Wildman–Crippen LogP) is 3.84. The van der Waals surface area contributed by atoms with Gasteiger partial charge >= 0.3 is 0 Å². The predicted molar refractivity (Wildman–Crippen MR) is 132 cm³/mol. The fourth-order valence-electron chi connectivity index (χ4n) is 3.95. The maximum Gasteiger partial charge on any atom is 0.244 e. The van der Waals surface area contributed by atoms with E-state index >= 15 is 0 Å². The maximum atomic E-state index is 12.4. The smallest absolute Gasteiger partial charge is 0.244 e. The molecule has 1 aliphatic heterocycles. The molecule has 172 valence electrons. The van der Waals surface area contributed by atoms with Crippen LogP contribution >= 0.6 is 0 Å². The summed E-state index contributed by atoms with van der Waals surface area (Å²) < 4.78 is 7.31. The van der Waals surface area contributed by atoms with Gasteiger partial charge in [-0.05, 0) is 31.0 Å². The van der Waals surface area contributed by atoms with Crippen molar-refractivity contribution in [1.82, 2.24) is 20.0 Å². The Morgan fingerprint density at radius 1 is 1.00 bits per heavy atom. The Bertz CT molecular complexity index is 1020. The van der Waals surface area contributed by atoms with Gasteiger partial charge in [-0.25, -0.2) is 0 Å². The number of hydrogen-bond acceptors (Lipinski definition) is 4. The van der Waals surface area contributed by atoms with Crippen LogP contribution in [0.5, 0.6) is 0 Å². The van der Waals surface area contributed by atoms with Crippen molar-refractivity contribution in [3.8, 4) is 11.3 Å². The summed E-state index contributed by atoms with van der Waals surface area (Å²) in [7, 11) is 0. The van der Waals surface area contributed by atoms with Crippen molar-refractivity contribution in [2.24, 2.45) is 0 Å². The Morgan fingerprint density at radius 3 is 2.48 bits per heavy atom. The number of hydrogen-bond donors (Lipinski definition) is 1. The first-order chi connectivity index (χ1) is 16.3. The molecule has 1 saturated heterocycles. The first-order valence-electron chi connectivity index (χ1n) is 11.7. The fraction of sp³-hybridized carbons (Fsp3) is 0.333. The summed E-state index contributed by atoms with van der Waals surface area (Å²) in [6.07, 6.45) is 7.52. The average molecular weight is 445 g/mol. The van der Waals surface area contributed by atoms with Crippen molar-refractivity contribution >= 4 is 12.0 Å². The second-order valence-electron chi connectivity index (χ2n) is 8.27. The minimum Gasteiger partial charge on any atom is -0.379 e. The number of nitrogens with one attached hydrogen (secondary N) is 1. The second-order valence-corrected chi connectivity index (χ2v) is 8.27. The minimum atomic E-state index is -0.0730. The van der Waals surface area contributed by atoms with Crippen LogP contribution in [0, 0.1) is 0 Å². The number of carbonyl (C=O) groups is 1. The first kappa shape index (κ1) is 23.0. The highest BCUT2D eigenvalue weighted by molar-refractivity contribution is 5.92. The number of amides is 1. The quantitative estimate of drug-likeness (QED) is 0.381. The molecule has 1 amide bonds. The van der Waals surface area contributed by atoms with Crippen molar-refractivity contribution in [3.05, 3.63) is 84.1 Å². The molecule has 6 nitrogen and oxygen atoms in total. The Labute approximate surface area is 195 Å². The number of carbonyl (C=O) groups excluding carboxylic acids is 1. The Hall–Kier alpha value is -3.22. The maximum absolute atomic E-state index is 12.4. The standard InChI is InChI=1S/C27H32N4O2/c32-26(28-15-7-8-16-30-17-19-33-20-18-30)14-13-25-22-31(21-23-9-3-1-4-10-23)29-27(25)24-11-5-2-6-12-24/h1-6,9-14,22H,7-8,15-21H2,(H,28,32)/b14-13+. The molecule has 1 fully saturated rings. The zero-order chi connectivity index (χ0) is 22.7. The number of ether oxygens (including phenoxy) is 1. The molecular weight excluding hydrogens is 412 g/mol. The Balaban J connectivity index is 1.33. The number of aromatic nitrogens is 2. The topological polar surface area (TPSA) is 59.4 Å². The van der Waals surface area contributed by atoms with E-state index in [1.54, 1.807) is 6.08 Å². The van der Waals surface area contributed by atoms with E-state index in [9.17, 15) is 4.79 Å². The lowest BCUT2D eigenvalue weighted by Crippen LogP contribution is -2.37. The van der Waals surface area contributed by atoms with Crippen LogP contribution in [-0.4, -0.2) is 60.0 Å². The van der Waals surface area contributed by atoms with Gasteiger partial charge in [-0.1, -0.05) is 60.7 Å². The van der Waals surface area contributed by atoms with Crippen LogP contribution in [0.25, 0.3) is 17.3 Å². The van der Waals surface area contributed by atoms with Gasteiger partial charge in [0.25, 0.3) is 0 Å². The summed E-state index contributed by atoms with van der Waals surface area (Å²) in [6.45, 7) is 6.11. The van der Waals surface area contributed by atoms with E-state index in [1.165, 1.54) is 5.56 Å². The van der Waals surface area contributed by atoms with Gasteiger partial charge in [-0.3, -0.25) is 14.4 Å². The number of benzene rings is 2. The molecule has 0 saturated carbocycles. The molecule has 0 spiro atoms. The second kappa shape index (κ2) is 12.1. The first-order valence-corrected chi connectivity index (χ1v) is 11.7. The molecule has 4 rings (SSSR count). The van der Waals surface area contributed by atoms with Gasteiger partial charge in [0, 0.05) is 43.0 Å². The fourth-order valence-corrected chi connectivity index (χ4v) is 3.95. The largest absolute Gasteiger partial charge is 0.379 e. The Kier molecular flexibility index (Phi) is 8.44. The molecule has 6 heteroatoms. The van der Waals surface area contributed by atoms with Crippen LogP contribution in [-0.2, 0) is 16.1 Å². The van der Waals surface area contributed by atoms with E-state index in [1.807, 2.05) is 65.5 Å². The molecule has 0 atom stereocenters. The molecule has 2 aromatic carbocycles. The Morgan fingerprint density at radius 2 is 1.73 bits per heavy atom. The average Bonchev–Trinajstić information content (AvgIpc) is 3.27. The van der Waals surface area contributed by atoms with Crippen LogP contribution < -0.4 is 5.32 Å². The zero-order valence-electron chi connectivity index (χ0n) is 19.0. The van der Waals surface area contributed by atoms with Gasteiger partial charge in [-0.15, -0.1) is 0 Å². The van der Waals surface area contributed by atoms with Gasteiger partial charge in [0.15, 0.2) is 0 Å². The van der Waals surface area contributed by atoms with E-state index in [4.69, 9.17) is 9.84 Å². The lowest BCUT2D eigenvalue weighted by atomic mass is 10.1. The highest BCUT2D eigenvalue weighted by atomic mass is 16.5. The third kappa shape index (κ3) is 7.14. The lowest BCUT2D eigenvalue weighted by molar-refractivity contribution is -0.116. The summed E-state index contributed by atoms with van der Waals surface area (Å²) in [5, 5.41) is 7.81. The normalized spacial score (nSPS) is 14.5. The molecule has 0 radical (unpaired) electrons. The molecule has 3 aromatic rings. The van der Waals surface area contributed by atoms with E-state index in [-0.39, 0.29) is 5.91 Å². The summed E-state index contributed by atoms with van der Waals surface area (Å²) in [5.74, 6) is -0.0730. The number of rotatable bonds is 10. The molecule has 0 aliphatic carbocycles. The number of unbranched alkanes of at least 4 members (excludes halogenated alkanes) is 1. The third-order valence-corrected chi connectivity index (χ3v) is 5.74. The van der Waals surface area contributed by atoms with Gasteiger partial charge in [0.2, 0.25) is 5.91 Å². The van der Waals surface area contributed by atoms with E-state index < -0.39 is 0 Å². The van der Waals surface area contributed by atoms with Crippen molar-refractivity contribution in [2.45, 2.75) is 19.4 Å². The van der Waals surface area contributed by atoms with Crippen molar-refractivity contribution in [2.75, 3.05) is 39.4 Å². The molecule has 0 bridgehead atoms. The summed E-state index contributed by atoms with van der Waals surface area (Å²) in [5.41, 5.74) is 4.03. The SMILES string of the molecule is O=C(/C=C/c1cn(Cc2ccccc2)nc1-c1ccccc1)NCCCCN1CCOCC1. The van der Waals surface area contributed by atoms with Gasteiger partial charge in [0.05, 0.1) is 25.5 Å². The van der Waals surface area contributed by atoms with Crippen LogP contribution in [0.1, 0.15) is 24.0 Å². The van der Waals surface area contributed by atoms with Gasteiger partial charge in [0.1, 0.15) is 0 Å². The van der Waals surface area contributed by atoms with E-state index in [0.29, 0.717) is 13.1 Å². The molecule has 1 aromatic heterocycles. The monoisotopic (exact) mass is 444 g/mol. The molecule has 0 unspecified atom stereocenters. The number of morpholine rings is 1. The molecule has 1 aliphatic rings. The lowest BCUT2D eigenvalue weighted by Gasteiger charge is -2.26. The van der Waals surface area contributed by atoms with Crippen LogP contribution in [0.4, 0.5) is 0 Å². The van der Waals surface area contributed by atoms with Crippen molar-refractivity contribution in [3.63, 3.8) is 0 Å². The molecular formula is C27H32N4O2. The van der Waals surface area contributed by atoms with Crippen molar-refractivity contribution < 1.29 is 9.53 Å². The van der Waals surface area contributed by atoms with Gasteiger partial charge in [-0.2, -0.15) is 5.10 Å². The van der Waals surface area contributed by atoms with E-state index in [0.717, 1.165) is 62.5 Å². The summed E-state index contributed by atoms with van der Waals surface area (Å²) >= 11 is 0. The molecule has 2 heterocycles. The highest BCUT2D eigenvalue weighted by Gasteiger charge is 2.11. The molecule has 1 N–H and O–H groups in total. The third-order valence-electron chi connectivity index (χ3n) is 5.74. The van der Waals surface area contributed by atoms with Crippen LogP contribution in [0.2, 0.25) is 0 Å². The zero-order valence-corrected chi connectivity index (χ0v) is 19.0. The van der Waals surface area contributed by atoms with Crippen molar-refractivity contribution in [1.29, 1.82) is 0 Å². The van der Waals surface area contributed by atoms with E-state index in [2.05, 4.69) is 22.3 Å². The van der Waals surface area contributed by atoms with Crippen LogP contribution in [0.15, 0.2) is 72.9 Å². The minimum absolute atomic E-state index is 0.0730. The summed E-state index contributed by atoms with van der Waals surface area (Å²) in [4.78, 5) is 14.8. The van der Waals surface area contributed by atoms with Gasteiger partial charge < -0.3 is 10.1 Å². The number of nitrogens with zero attached hydrogens (tertiary/aromatic N) is 3. The molecule has 33 heavy (non-hydrogen) atoms. The summed E-state index contributed by atoms with van der Waals surface area (Å²) in [6, 6.07) is 20.3.